The van der Waals surface area contributed by atoms with E-state index in [0.717, 1.165) is 16.7 Å². The van der Waals surface area contributed by atoms with Crippen LogP contribution >= 0.6 is 11.3 Å². The summed E-state index contributed by atoms with van der Waals surface area (Å²) >= 11 is 1.88. The second-order valence-corrected chi connectivity index (χ2v) is 7.50. The van der Waals surface area contributed by atoms with Gasteiger partial charge in [-0.15, -0.1) is 11.3 Å². The lowest BCUT2D eigenvalue weighted by Gasteiger charge is -2.26. The summed E-state index contributed by atoms with van der Waals surface area (Å²) in [4.78, 5) is 14.6. The molecular weight excluding hydrogens is 393 g/mol. The molecule has 0 spiro atoms. The van der Waals surface area contributed by atoms with Gasteiger partial charge in [0, 0.05) is 28.7 Å². The number of carboxylic acids is 1. The van der Waals surface area contributed by atoms with Crippen molar-refractivity contribution in [1.29, 1.82) is 0 Å². The number of pyridine rings is 1. The molecule has 4 rings (SSSR count). The smallest absolute Gasteiger partial charge is 0.475 e. The van der Waals surface area contributed by atoms with E-state index in [1.54, 1.807) is 11.1 Å². The molecule has 2 unspecified atom stereocenters. The second kappa shape index (κ2) is 8.32. The van der Waals surface area contributed by atoms with Crippen LogP contribution in [0.15, 0.2) is 40.4 Å². The van der Waals surface area contributed by atoms with Gasteiger partial charge in [0.05, 0.1) is 6.04 Å². The maximum absolute atomic E-state index is 10.6. The highest BCUT2D eigenvalue weighted by atomic mass is 32.1. The third-order valence-corrected chi connectivity index (χ3v) is 5.50. The van der Waals surface area contributed by atoms with Crippen LogP contribution in [0.5, 0.6) is 0 Å². The number of aryl methyl sites for hydroxylation is 1. The lowest BCUT2D eigenvalue weighted by atomic mass is 9.93. The summed E-state index contributed by atoms with van der Waals surface area (Å²) in [5, 5.41) is 14.1. The fourth-order valence-electron chi connectivity index (χ4n) is 3.16. The lowest BCUT2D eigenvalue weighted by Crippen LogP contribution is -2.26. The van der Waals surface area contributed by atoms with Crippen molar-refractivity contribution < 1.29 is 27.5 Å². The number of thiophene rings is 1. The molecule has 0 aliphatic heterocycles. The molecule has 0 radical (unpaired) electrons. The molecule has 0 aromatic carbocycles. The largest absolute Gasteiger partial charge is 0.490 e. The summed E-state index contributed by atoms with van der Waals surface area (Å²) in [5.41, 5.74) is 2.39. The number of carboxylic acid groups (broad SMARTS) is 1. The van der Waals surface area contributed by atoms with Crippen molar-refractivity contribution in [2.45, 2.75) is 44.4 Å². The normalized spacial score (nSPS) is 17.5. The quantitative estimate of drug-likeness (QED) is 0.615. The molecule has 0 bridgehead atoms. The number of aliphatic carboxylic acids is 1. The van der Waals surface area contributed by atoms with Crippen LogP contribution in [0.1, 0.15) is 48.0 Å². The lowest BCUT2D eigenvalue weighted by molar-refractivity contribution is -0.192. The number of halogens is 3. The van der Waals surface area contributed by atoms with Gasteiger partial charge >= 0.3 is 12.1 Å². The molecule has 3 heterocycles. The van der Waals surface area contributed by atoms with Crippen molar-refractivity contribution in [3.63, 3.8) is 0 Å². The summed E-state index contributed by atoms with van der Waals surface area (Å²) in [6.45, 7) is 2.17. The van der Waals surface area contributed by atoms with E-state index < -0.39 is 12.1 Å². The first-order chi connectivity index (χ1) is 13.3. The van der Waals surface area contributed by atoms with Gasteiger partial charge in [-0.2, -0.15) is 13.2 Å². The number of alkyl halides is 3. The molecule has 0 saturated carbocycles. The number of rotatable bonds is 3. The summed E-state index contributed by atoms with van der Waals surface area (Å²) in [5.74, 6) is -1.77. The van der Waals surface area contributed by atoms with Crippen LogP contribution in [-0.2, 0) is 11.2 Å². The molecule has 0 saturated heterocycles. The van der Waals surface area contributed by atoms with E-state index in [1.807, 2.05) is 23.6 Å². The van der Waals surface area contributed by atoms with E-state index >= 15 is 0 Å². The van der Waals surface area contributed by atoms with Crippen molar-refractivity contribution in [3.05, 3.63) is 52.2 Å². The Bertz CT molecular complexity index is 918. The average molecular weight is 412 g/mol. The van der Waals surface area contributed by atoms with Crippen LogP contribution in [-0.4, -0.2) is 22.2 Å². The molecule has 0 fully saturated rings. The fourth-order valence-corrected chi connectivity index (χ4v) is 4.15. The highest BCUT2D eigenvalue weighted by Gasteiger charge is 2.38. The molecule has 3 aromatic heterocycles. The van der Waals surface area contributed by atoms with E-state index in [-0.39, 0.29) is 6.04 Å². The molecule has 1 aliphatic carbocycles. The number of hydrogen-bond acceptors (Lipinski definition) is 5. The van der Waals surface area contributed by atoms with Gasteiger partial charge in [-0.3, -0.25) is 4.98 Å². The van der Waals surface area contributed by atoms with Crippen LogP contribution < -0.4 is 5.32 Å². The molecule has 9 heteroatoms. The number of fused-ring (bicyclic) bond motifs is 2. The van der Waals surface area contributed by atoms with E-state index in [1.165, 1.54) is 24.8 Å². The highest BCUT2D eigenvalue weighted by molar-refractivity contribution is 7.10. The minimum atomic E-state index is -5.08. The molecule has 2 atom stereocenters. The van der Waals surface area contributed by atoms with Crippen LogP contribution in [0.2, 0.25) is 0 Å². The fraction of sp³-hybridized carbons (Fsp3) is 0.368. The first-order valence-electron chi connectivity index (χ1n) is 8.71. The van der Waals surface area contributed by atoms with Gasteiger partial charge in [0.1, 0.15) is 11.3 Å². The summed E-state index contributed by atoms with van der Waals surface area (Å²) in [6, 6.07) is 6.93. The monoisotopic (exact) mass is 412 g/mol. The first kappa shape index (κ1) is 20.3. The number of furan rings is 1. The number of aromatic nitrogens is 1. The van der Waals surface area contributed by atoms with Crippen molar-refractivity contribution in [1.82, 2.24) is 10.3 Å². The topological polar surface area (TPSA) is 75.4 Å². The Kier molecular flexibility index (Phi) is 6.04. The van der Waals surface area contributed by atoms with E-state index in [2.05, 4.69) is 34.7 Å². The Hall–Kier alpha value is -2.39. The van der Waals surface area contributed by atoms with Crippen molar-refractivity contribution in [2.75, 3.05) is 0 Å². The zero-order valence-electron chi connectivity index (χ0n) is 15.0. The van der Waals surface area contributed by atoms with Crippen molar-refractivity contribution in [2.24, 2.45) is 0 Å². The number of hydrogen-bond donors (Lipinski definition) is 2. The minimum absolute atomic E-state index is 0.202. The van der Waals surface area contributed by atoms with Gasteiger partial charge in [-0.05, 0) is 55.3 Å². The molecule has 5 nitrogen and oxygen atoms in total. The molecule has 2 N–H and O–H groups in total. The summed E-state index contributed by atoms with van der Waals surface area (Å²) in [7, 11) is 0. The number of carbonyl (C=O) groups is 1. The highest BCUT2D eigenvalue weighted by Crippen LogP contribution is 2.35. The van der Waals surface area contributed by atoms with E-state index in [9.17, 15) is 13.2 Å². The Morgan fingerprint density at radius 1 is 1.43 bits per heavy atom. The van der Waals surface area contributed by atoms with Crippen molar-refractivity contribution in [3.8, 4) is 0 Å². The van der Waals surface area contributed by atoms with Gasteiger partial charge in [0.25, 0.3) is 0 Å². The zero-order chi connectivity index (χ0) is 20.3. The Morgan fingerprint density at radius 2 is 2.18 bits per heavy atom. The predicted octanol–water partition coefficient (Wildman–Crippen LogP) is 5.25. The number of nitrogens with zero attached hydrogens (tertiary/aromatic N) is 1. The molecule has 3 aromatic rings. The Morgan fingerprint density at radius 3 is 2.86 bits per heavy atom. The van der Waals surface area contributed by atoms with Gasteiger partial charge in [0.2, 0.25) is 0 Å². The van der Waals surface area contributed by atoms with Gasteiger partial charge in [-0.25, -0.2) is 4.79 Å². The molecule has 28 heavy (non-hydrogen) atoms. The Balaban J connectivity index is 0.000000279. The Labute approximate surface area is 163 Å². The van der Waals surface area contributed by atoms with Crippen molar-refractivity contribution >= 4 is 28.3 Å². The van der Waals surface area contributed by atoms with E-state index in [4.69, 9.17) is 14.3 Å². The predicted molar refractivity (Wildman–Crippen MR) is 99.2 cm³/mol. The molecular formula is C19H19F3N2O3S. The third-order valence-electron chi connectivity index (χ3n) is 4.51. The SMILES string of the molecule is CC(NC1CCCc2sccc21)c1cc2cnccc2o1.O=C(O)C(F)(F)F. The van der Waals surface area contributed by atoms with Crippen LogP contribution in [0.3, 0.4) is 0 Å². The van der Waals surface area contributed by atoms with Crippen LogP contribution in [0.25, 0.3) is 11.0 Å². The van der Waals surface area contributed by atoms with Gasteiger partial charge in [-0.1, -0.05) is 0 Å². The summed E-state index contributed by atoms with van der Waals surface area (Å²) in [6.07, 6.45) is 2.24. The first-order valence-corrected chi connectivity index (χ1v) is 9.59. The molecule has 150 valence electrons. The molecule has 1 aliphatic rings. The van der Waals surface area contributed by atoms with Crippen LogP contribution in [0, 0.1) is 0 Å². The maximum Gasteiger partial charge on any atom is 0.490 e. The average Bonchev–Trinajstić information content (AvgIpc) is 3.28. The van der Waals surface area contributed by atoms with Gasteiger partial charge in [0.15, 0.2) is 0 Å². The van der Waals surface area contributed by atoms with E-state index in [0.29, 0.717) is 6.04 Å². The summed E-state index contributed by atoms with van der Waals surface area (Å²) < 4.78 is 37.7. The van der Waals surface area contributed by atoms with Crippen LogP contribution in [0.4, 0.5) is 13.2 Å². The van der Waals surface area contributed by atoms with Gasteiger partial charge < -0.3 is 14.8 Å². The third kappa shape index (κ3) is 4.71. The minimum Gasteiger partial charge on any atom is -0.475 e. The maximum atomic E-state index is 10.6. The number of nitrogens with one attached hydrogen (secondary N) is 1. The standard InChI is InChI=1S/C17H18N2OS.C2HF3O2/c1-11(16-9-12-10-18-7-5-15(12)20-16)19-14-3-2-4-17-13(14)6-8-21-17;3-2(4,5)1(6)7/h5-11,14,19H,2-4H2,1H3;(H,6,7). The zero-order valence-corrected chi connectivity index (χ0v) is 15.8. The second-order valence-electron chi connectivity index (χ2n) is 6.50. The molecule has 0 amide bonds.